The number of para-hydroxylation sites is 2. The molecule has 0 spiro atoms. The monoisotopic (exact) mass is 726 g/mol. The number of benzene rings is 7. The van der Waals surface area contributed by atoms with Gasteiger partial charge in [-0.1, -0.05) is 127 Å². The quantitative estimate of drug-likeness (QED) is 0.177. The first kappa shape index (κ1) is 31.8. The van der Waals surface area contributed by atoms with E-state index in [9.17, 15) is 0 Å². The molecule has 0 N–H and O–H groups in total. The van der Waals surface area contributed by atoms with Crippen molar-refractivity contribution >= 4 is 43.7 Å². The summed E-state index contributed by atoms with van der Waals surface area (Å²) in [4.78, 5) is 9.89. The fourth-order valence-electron chi connectivity index (χ4n) is 9.67. The van der Waals surface area contributed by atoms with Crippen LogP contribution in [0.2, 0.25) is 0 Å². The van der Waals surface area contributed by atoms with Crippen molar-refractivity contribution in [3.05, 3.63) is 229 Å². The van der Waals surface area contributed by atoms with Crippen molar-refractivity contribution in [2.45, 2.75) is 5.41 Å². The van der Waals surface area contributed by atoms with Crippen LogP contribution in [0.5, 0.6) is 0 Å². The highest BCUT2D eigenvalue weighted by molar-refractivity contribution is 6.12. The van der Waals surface area contributed by atoms with Crippen LogP contribution in [0.4, 0.5) is 0 Å². The Morgan fingerprint density at radius 2 is 0.895 bits per heavy atom. The molecule has 4 heteroatoms. The highest BCUT2D eigenvalue weighted by atomic mass is 15.0. The molecular weight excluding hydrogens is 693 g/mol. The van der Waals surface area contributed by atoms with Gasteiger partial charge in [-0.05, 0) is 100 Å². The summed E-state index contributed by atoms with van der Waals surface area (Å²) in [6, 6.07) is 70.3. The van der Waals surface area contributed by atoms with Crippen molar-refractivity contribution in [1.29, 1.82) is 0 Å². The molecule has 4 aromatic heterocycles. The predicted molar refractivity (Wildman–Crippen MR) is 233 cm³/mol. The van der Waals surface area contributed by atoms with Crippen LogP contribution in [0.15, 0.2) is 207 Å². The van der Waals surface area contributed by atoms with Crippen molar-refractivity contribution < 1.29 is 0 Å². The van der Waals surface area contributed by atoms with Crippen molar-refractivity contribution in [1.82, 2.24) is 19.1 Å². The second-order valence-electron chi connectivity index (χ2n) is 15.0. The largest absolute Gasteiger partial charge is 0.309 e. The fourth-order valence-corrected chi connectivity index (χ4v) is 9.67. The lowest BCUT2D eigenvalue weighted by Crippen LogP contribution is -2.29. The van der Waals surface area contributed by atoms with Crippen LogP contribution in [-0.2, 0) is 5.41 Å². The van der Waals surface area contributed by atoms with Gasteiger partial charge in [-0.25, -0.2) is 0 Å². The molecule has 12 rings (SSSR count). The Labute approximate surface area is 329 Å². The average molecular weight is 727 g/mol. The van der Waals surface area contributed by atoms with Gasteiger partial charge in [0, 0.05) is 45.5 Å². The molecule has 0 bridgehead atoms. The molecule has 1 aliphatic rings. The number of rotatable bonds is 5. The van der Waals surface area contributed by atoms with Crippen molar-refractivity contribution in [2.75, 3.05) is 0 Å². The molecule has 0 unspecified atom stereocenters. The van der Waals surface area contributed by atoms with Gasteiger partial charge in [-0.2, -0.15) is 0 Å². The van der Waals surface area contributed by atoms with E-state index in [1.807, 2.05) is 18.5 Å². The SMILES string of the molecule is c1ccc(C2(c3ccccc3)c3cc4c5ccccc5n(-c5ccc(-c6ccc(-n7c8ccccc8c8ncccc87)cc6)cc5)c4cc3-c3cccnc32)cc1. The van der Waals surface area contributed by atoms with Crippen LogP contribution in [0, 0.1) is 0 Å². The minimum Gasteiger partial charge on any atom is -0.309 e. The molecule has 0 saturated heterocycles. The molecular formula is C53H34N4. The normalized spacial score (nSPS) is 13.1. The number of hydrogen-bond acceptors (Lipinski definition) is 2. The molecule has 0 aliphatic heterocycles. The zero-order valence-electron chi connectivity index (χ0n) is 30.9. The number of aromatic nitrogens is 4. The summed E-state index contributed by atoms with van der Waals surface area (Å²) in [5, 5.41) is 3.62. The topological polar surface area (TPSA) is 35.6 Å². The second kappa shape index (κ2) is 12.2. The van der Waals surface area contributed by atoms with Gasteiger partial charge in [0.1, 0.15) is 0 Å². The number of hydrogen-bond donors (Lipinski definition) is 0. The fraction of sp³-hybridized carbons (Fsp3) is 0.0189. The number of fused-ring (bicyclic) bond motifs is 9. The Morgan fingerprint density at radius 1 is 0.368 bits per heavy atom. The van der Waals surface area contributed by atoms with Gasteiger partial charge in [0.15, 0.2) is 0 Å². The lowest BCUT2D eigenvalue weighted by Gasteiger charge is -2.32. The molecule has 57 heavy (non-hydrogen) atoms. The molecule has 4 heterocycles. The Balaban J connectivity index is 1.00. The van der Waals surface area contributed by atoms with Gasteiger partial charge in [-0.15, -0.1) is 0 Å². The first-order valence-corrected chi connectivity index (χ1v) is 19.5. The Bertz CT molecular complexity index is 3230. The molecule has 0 amide bonds. The van der Waals surface area contributed by atoms with E-state index in [2.05, 4.69) is 197 Å². The maximum atomic E-state index is 5.17. The van der Waals surface area contributed by atoms with Crippen LogP contribution in [-0.4, -0.2) is 19.1 Å². The smallest absolute Gasteiger partial charge is 0.0963 e. The molecule has 0 atom stereocenters. The summed E-state index contributed by atoms with van der Waals surface area (Å²) < 4.78 is 4.73. The zero-order valence-corrected chi connectivity index (χ0v) is 30.9. The summed E-state index contributed by atoms with van der Waals surface area (Å²) in [7, 11) is 0. The first-order chi connectivity index (χ1) is 28.3. The molecule has 1 aliphatic carbocycles. The van der Waals surface area contributed by atoms with Gasteiger partial charge in [-0.3, -0.25) is 9.97 Å². The summed E-state index contributed by atoms with van der Waals surface area (Å²) in [5.41, 5.74) is 16.9. The van der Waals surface area contributed by atoms with Crippen LogP contribution < -0.4 is 0 Å². The van der Waals surface area contributed by atoms with E-state index in [0.29, 0.717) is 0 Å². The molecule has 4 nitrogen and oxygen atoms in total. The molecule has 11 aromatic rings. The lowest BCUT2D eigenvalue weighted by molar-refractivity contribution is 0.739. The van der Waals surface area contributed by atoms with Gasteiger partial charge < -0.3 is 9.13 Å². The van der Waals surface area contributed by atoms with E-state index >= 15 is 0 Å². The van der Waals surface area contributed by atoms with Crippen molar-refractivity contribution in [3.63, 3.8) is 0 Å². The standard InChI is InChI=1S/C53H34N4/c1-3-13-37(14-4-1)53(38-15-5-2-6-16-38)46-33-45-41-17-7-9-20-47(41)57(50(45)34-44(46)42-19-11-32-55-52(42)53)40-29-25-36(26-30-40)35-23-27-39(28-24-35)56-48-21-10-8-18-43(48)51-49(56)22-12-31-54-51/h1-34H. The van der Waals surface area contributed by atoms with Gasteiger partial charge in [0.2, 0.25) is 0 Å². The van der Waals surface area contributed by atoms with E-state index in [0.717, 1.165) is 39.0 Å². The van der Waals surface area contributed by atoms with Gasteiger partial charge in [0.05, 0.1) is 38.7 Å². The third-order valence-electron chi connectivity index (χ3n) is 12.1. The minimum atomic E-state index is -0.554. The Kier molecular flexibility index (Phi) is 6.81. The highest BCUT2D eigenvalue weighted by Gasteiger charge is 2.47. The summed E-state index contributed by atoms with van der Waals surface area (Å²) in [6.45, 7) is 0. The molecule has 0 fully saturated rings. The van der Waals surface area contributed by atoms with E-state index in [1.54, 1.807) is 0 Å². The van der Waals surface area contributed by atoms with Crippen molar-refractivity contribution in [3.8, 4) is 33.6 Å². The summed E-state index contributed by atoms with van der Waals surface area (Å²) >= 11 is 0. The molecule has 7 aromatic carbocycles. The second-order valence-corrected chi connectivity index (χ2v) is 15.0. The third kappa shape index (κ3) is 4.50. The number of nitrogens with zero attached hydrogens (tertiary/aromatic N) is 4. The lowest BCUT2D eigenvalue weighted by atomic mass is 9.69. The minimum absolute atomic E-state index is 0.554. The summed E-state index contributed by atoms with van der Waals surface area (Å²) in [5.74, 6) is 0. The highest BCUT2D eigenvalue weighted by Crippen LogP contribution is 2.56. The van der Waals surface area contributed by atoms with Crippen LogP contribution in [0.25, 0.3) is 77.4 Å². The van der Waals surface area contributed by atoms with E-state index in [4.69, 9.17) is 9.97 Å². The maximum absolute atomic E-state index is 5.17. The summed E-state index contributed by atoms with van der Waals surface area (Å²) in [6.07, 6.45) is 3.81. The average Bonchev–Trinajstić information content (AvgIpc) is 3.90. The molecule has 0 radical (unpaired) electrons. The Hall–Kier alpha value is -7.56. The van der Waals surface area contributed by atoms with Crippen LogP contribution >= 0.6 is 0 Å². The molecule has 266 valence electrons. The van der Waals surface area contributed by atoms with E-state index in [1.165, 1.54) is 60.8 Å². The maximum Gasteiger partial charge on any atom is 0.0963 e. The Morgan fingerprint density at radius 3 is 1.56 bits per heavy atom. The zero-order chi connectivity index (χ0) is 37.5. The van der Waals surface area contributed by atoms with Crippen molar-refractivity contribution in [2.24, 2.45) is 0 Å². The van der Waals surface area contributed by atoms with Gasteiger partial charge >= 0.3 is 0 Å². The first-order valence-electron chi connectivity index (χ1n) is 19.5. The van der Waals surface area contributed by atoms with Gasteiger partial charge in [0.25, 0.3) is 0 Å². The van der Waals surface area contributed by atoms with E-state index in [-0.39, 0.29) is 0 Å². The predicted octanol–water partition coefficient (Wildman–Crippen LogP) is 12.7. The van der Waals surface area contributed by atoms with E-state index < -0.39 is 5.41 Å². The van der Waals surface area contributed by atoms with Crippen LogP contribution in [0.1, 0.15) is 22.4 Å². The number of pyridine rings is 2. The molecule has 0 saturated carbocycles. The third-order valence-corrected chi connectivity index (χ3v) is 12.1. The van der Waals surface area contributed by atoms with Crippen LogP contribution in [0.3, 0.4) is 0 Å².